The summed E-state index contributed by atoms with van der Waals surface area (Å²) in [7, 11) is 1.57. The van der Waals surface area contributed by atoms with Crippen LogP contribution in [0.5, 0.6) is 0 Å². The number of hydrogen-bond donors (Lipinski definition) is 1. The summed E-state index contributed by atoms with van der Waals surface area (Å²) >= 11 is 0. The third-order valence-corrected chi connectivity index (χ3v) is 4.43. The number of rotatable bonds is 3. The number of aromatic nitrogens is 2. The highest BCUT2D eigenvalue weighted by molar-refractivity contribution is 6.62. The van der Waals surface area contributed by atoms with Crippen molar-refractivity contribution < 1.29 is 9.31 Å². The van der Waals surface area contributed by atoms with Crippen LogP contribution in [0.2, 0.25) is 0 Å². The number of nitrogens with one attached hydrogen (secondary N) is 1. The average molecular weight is 299 g/mol. The zero-order valence-electron chi connectivity index (χ0n) is 13.8. The minimum atomic E-state index is -0.322. The fourth-order valence-electron chi connectivity index (χ4n) is 2.36. The monoisotopic (exact) mass is 299 g/mol. The largest absolute Gasteiger partial charge is 0.494 e. The van der Waals surface area contributed by atoms with Gasteiger partial charge in [-0.15, -0.1) is 0 Å². The Labute approximate surface area is 131 Å². The summed E-state index contributed by atoms with van der Waals surface area (Å²) in [5.41, 5.74) is 2.36. The molecule has 0 spiro atoms. The van der Waals surface area contributed by atoms with Crippen molar-refractivity contribution >= 4 is 24.0 Å². The molecular weight excluding hydrogens is 277 g/mol. The first-order valence-corrected chi connectivity index (χ1v) is 7.48. The van der Waals surface area contributed by atoms with Crippen molar-refractivity contribution in [2.75, 3.05) is 5.32 Å². The lowest BCUT2D eigenvalue weighted by Crippen LogP contribution is -2.41. The number of anilines is 2. The summed E-state index contributed by atoms with van der Waals surface area (Å²) < 4.78 is 13.9. The molecule has 0 atom stereocenters. The van der Waals surface area contributed by atoms with Crippen LogP contribution in [0.15, 0.2) is 36.7 Å². The maximum absolute atomic E-state index is 6.06. The Morgan fingerprint density at radius 2 is 1.59 bits per heavy atom. The van der Waals surface area contributed by atoms with Gasteiger partial charge in [-0.05, 0) is 45.3 Å². The summed E-state index contributed by atoms with van der Waals surface area (Å²) in [6.45, 7) is 8.24. The normalized spacial score (nSPS) is 19.4. The molecule has 6 heteroatoms. The van der Waals surface area contributed by atoms with Gasteiger partial charge < -0.3 is 14.6 Å². The molecule has 1 fully saturated rings. The second-order valence-corrected chi connectivity index (χ2v) is 6.74. The fraction of sp³-hybridized carbons (Fsp3) is 0.438. The third-order valence-electron chi connectivity index (χ3n) is 4.43. The molecule has 1 N–H and O–H groups in total. The average Bonchev–Trinajstić information content (AvgIpc) is 2.92. The maximum Gasteiger partial charge on any atom is 0.494 e. The Morgan fingerprint density at radius 1 is 1.00 bits per heavy atom. The third kappa shape index (κ3) is 2.76. The summed E-state index contributed by atoms with van der Waals surface area (Å²) in [5, 5.41) is 7.45. The van der Waals surface area contributed by atoms with E-state index in [1.54, 1.807) is 10.9 Å². The highest BCUT2D eigenvalue weighted by Crippen LogP contribution is 2.36. The zero-order chi connectivity index (χ0) is 16.0. The minimum Gasteiger partial charge on any atom is -0.399 e. The van der Waals surface area contributed by atoms with E-state index in [1.165, 1.54) is 0 Å². The second kappa shape index (κ2) is 5.14. The Morgan fingerprint density at radius 3 is 2.09 bits per heavy atom. The van der Waals surface area contributed by atoms with Crippen LogP contribution in [0.3, 0.4) is 0 Å². The Hall–Kier alpha value is -1.79. The van der Waals surface area contributed by atoms with Crippen LogP contribution in [0.25, 0.3) is 0 Å². The van der Waals surface area contributed by atoms with Gasteiger partial charge in [0, 0.05) is 18.9 Å². The SMILES string of the molecule is Cn1cc(Nc2ccc(B3OC(C)(C)C(C)(C)O3)cc2)cn1. The first-order chi connectivity index (χ1) is 10.3. The lowest BCUT2D eigenvalue weighted by molar-refractivity contribution is 0.00578. The van der Waals surface area contributed by atoms with Crippen molar-refractivity contribution in [2.45, 2.75) is 38.9 Å². The molecule has 0 amide bonds. The van der Waals surface area contributed by atoms with Gasteiger partial charge in [0.1, 0.15) is 0 Å². The van der Waals surface area contributed by atoms with Crippen molar-refractivity contribution in [3.8, 4) is 0 Å². The standard InChI is InChI=1S/C16H22BN3O2/c1-15(2)16(3,4)22-17(21-15)12-6-8-13(9-7-12)19-14-10-18-20(5)11-14/h6-11,19H,1-5H3. The molecule has 0 radical (unpaired) electrons. The molecule has 2 heterocycles. The molecule has 1 aliphatic heterocycles. The van der Waals surface area contributed by atoms with E-state index in [-0.39, 0.29) is 18.3 Å². The predicted molar refractivity (Wildman–Crippen MR) is 88.6 cm³/mol. The predicted octanol–water partition coefficient (Wildman–Crippen LogP) is 2.46. The highest BCUT2D eigenvalue weighted by Gasteiger charge is 2.51. The fourth-order valence-corrected chi connectivity index (χ4v) is 2.36. The van der Waals surface area contributed by atoms with Crippen molar-refractivity contribution in [3.05, 3.63) is 36.7 Å². The summed E-state index contributed by atoms with van der Waals surface area (Å²) in [6, 6.07) is 8.10. The van der Waals surface area contributed by atoms with E-state index in [4.69, 9.17) is 9.31 Å². The van der Waals surface area contributed by atoms with E-state index in [1.807, 2.05) is 37.5 Å². The molecular formula is C16H22BN3O2. The van der Waals surface area contributed by atoms with E-state index in [0.717, 1.165) is 16.8 Å². The lowest BCUT2D eigenvalue weighted by Gasteiger charge is -2.32. The van der Waals surface area contributed by atoms with Gasteiger partial charge in [0.05, 0.1) is 23.1 Å². The molecule has 1 aromatic carbocycles. The molecule has 0 aliphatic carbocycles. The summed E-state index contributed by atoms with van der Waals surface area (Å²) in [5.74, 6) is 0. The molecule has 2 aromatic rings. The Bertz CT molecular complexity index is 648. The van der Waals surface area contributed by atoms with Gasteiger partial charge >= 0.3 is 7.12 Å². The molecule has 1 aliphatic rings. The van der Waals surface area contributed by atoms with Gasteiger partial charge in [-0.25, -0.2) is 0 Å². The molecule has 116 valence electrons. The van der Waals surface area contributed by atoms with Crippen molar-refractivity contribution in [1.29, 1.82) is 0 Å². The molecule has 5 nitrogen and oxygen atoms in total. The van der Waals surface area contributed by atoms with E-state index >= 15 is 0 Å². The number of hydrogen-bond acceptors (Lipinski definition) is 4. The lowest BCUT2D eigenvalue weighted by atomic mass is 9.79. The van der Waals surface area contributed by atoms with E-state index in [2.05, 4.69) is 38.1 Å². The molecule has 0 unspecified atom stereocenters. The molecule has 1 aromatic heterocycles. The van der Waals surface area contributed by atoms with Gasteiger partial charge in [0.25, 0.3) is 0 Å². The Kier molecular flexibility index (Phi) is 3.53. The van der Waals surface area contributed by atoms with Gasteiger partial charge in [-0.3, -0.25) is 4.68 Å². The van der Waals surface area contributed by atoms with Crippen LogP contribution in [0.4, 0.5) is 11.4 Å². The van der Waals surface area contributed by atoms with Gasteiger partial charge in [0.2, 0.25) is 0 Å². The molecule has 3 rings (SSSR count). The topological polar surface area (TPSA) is 48.3 Å². The maximum atomic E-state index is 6.06. The van der Waals surface area contributed by atoms with E-state index < -0.39 is 0 Å². The van der Waals surface area contributed by atoms with Crippen LogP contribution in [0.1, 0.15) is 27.7 Å². The minimum absolute atomic E-state index is 0.315. The first-order valence-electron chi connectivity index (χ1n) is 7.48. The van der Waals surface area contributed by atoms with Crippen LogP contribution in [-0.2, 0) is 16.4 Å². The highest BCUT2D eigenvalue weighted by atomic mass is 16.7. The van der Waals surface area contributed by atoms with E-state index in [9.17, 15) is 0 Å². The van der Waals surface area contributed by atoms with Gasteiger partial charge in [-0.2, -0.15) is 5.10 Å². The number of benzene rings is 1. The van der Waals surface area contributed by atoms with Crippen LogP contribution in [-0.4, -0.2) is 28.1 Å². The molecule has 0 saturated carbocycles. The van der Waals surface area contributed by atoms with Crippen molar-refractivity contribution in [1.82, 2.24) is 9.78 Å². The van der Waals surface area contributed by atoms with E-state index in [0.29, 0.717) is 0 Å². The van der Waals surface area contributed by atoms with Crippen LogP contribution >= 0.6 is 0 Å². The zero-order valence-corrected chi connectivity index (χ0v) is 13.8. The van der Waals surface area contributed by atoms with Crippen molar-refractivity contribution in [3.63, 3.8) is 0 Å². The van der Waals surface area contributed by atoms with Crippen molar-refractivity contribution in [2.24, 2.45) is 7.05 Å². The quantitative estimate of drug-likeness (QED) is 0.885. The van der Waals surface area contributed by atoms with Crippen LogP contribution < -0.4 is 10.8 Å². The van der Waals surface area contributed by atoms with Gasteiger partial charge in [0.15, 0.2) is 0 Å². The number of nitrogens with zero attached hydrogens (tertiary/aromatic N) is 2. The molecule has 22 heavy (non-hydrogen) atoms. The Balaban J connectivity index is 1.72. The van der Waals surface area contributed by atoms with Gasteiger partial charge in [-0.1, -0.05) is 12.1 Å². The summed E-state index contributed by atoms with van der Waals surface area (Å²) in [4.78, 5) is 0. The smallest absolute Gasteiger partial charge is 0.399 e. The summed E-state index contributed by atoms with van der Waals surface area (Å²) in [6.07, 6.45) is 3.73. The van der Waals surface area contributed by atoms with Crippen LogP contribution in [0, 0.1) is 0 Å². The second-order valence-electron chi connectivity index (χ2n) is 6.74. The molecule has 0 bridgehead atoms. The first kappa shape index (κ1) is 15.1. The number of aryl methyl sites for hydroxylation is 1. The molecule has 1 saturated heterocycles.